The Bertz CT molecular complexity index is 674. The molecule has 24 heavy (non-hydrogen) atoms. The topological polar surface area (TPSA) is 59.6 Å². The van der Waals surface area contributed by atoms with Crippen molar-refractivity contribution < 1.29 is 14.3 Å². The zero-order valence-electron chi connectivity index (χ0n) is 13.8. The van der Waals surface area contributed by atoms with Crippen molar-refractivity contribution in [2.75, 3.05) is 19.2 Å². The lowest BCUT2D eigenvalue weighted by Gasteiger charge is -2.12. The van der Waals surface area contributed by atoms with Gasteiger partial charge in [0.1, 0.15) is 11.5 Å². The Kier molecular flexibility index (Phi) is 6.75. The summed E-state index contributed by atoms with van der Waals surface area (Å²) >= 11 is 5.92. The van der Waals surface area contributed by atoms with Crippen LogP contribution in [0.2, 0.25) is 5.02 Å². The van der Waals surface area contributed by atoms with Crippen molar-refractivity contribution in [1.29, 1.82) is 0 Å². The molecule has 0 unspecified atom stereocenters. The number of nitrogens with one attached hydrogen (secondary N) is 2. The van der Waals surface area contributed by atoms with Crippen molar-refractivity contribution in [3.05, 3.63) is 53.1 Å². The van der Waals surface area contributed by atoms with E-state index in [4.69, 9.17) is 21.1 Å². The number of hydrogen-bond acceptors (Lipinski definition) is 3. The fourth-order valence-corrected chi connectivity index (χ4v) is 2.34. The van der Waals surface area contributed by atoms with Gasteiger partial charge in [-0.05, 0) is 42.3 Å². The van der Waals surface area contributed by atoms with Crippen LogP contribution >= 0.6 is 11.6 Å². The number of amides is 2. The summed E-state index contributed by atoms with van der Waals surface area (Å²) in [6, 6.07) is 12.4. The highest BCUT2D eigenvalue weighted by molar-refractivity contribution is 6.31. The molecule has 0 aromatic heterocycles. The van der Waals surface area contributed by atoms with E-state index in [2.05, 4.69) is 17.6 Å². The van der Waals surface area contributed by atoms with Gasteiger partial charge in [-0.3, -0.25) is 0 Å². The second-order valence-electron chi connectivity index (χ2n) is 5.16. The van der Waals surface area contributed by atoms with Crippen molar-refractivity contribution in [3.63, 3.8) is 0 Å². The summed E-state index contributed by atoms with van der Waals surface area (Å²) < 4.78 is 10.7. The van der Waals surface area contributed by atoms with Crippen molar-refractivity contribution in [1.82, 2.24) is 5.32 Å². The summed E-state index contributed by atoms with van der Waals surface area (Å²) in [6.45, 7) is 2.20. The summed E-state index contributed by atoms with van der Waals surface area (Å²) in [6.07, 6.45) is 2.15. The third kappa shape index (κ3) is 5.35. The third-order valence-corrected chi connectivity index (χ3v) is 3.58. The Labute approximate surface area is 146 Å². The summed E-state index contributed by atoms with van der Waals surface area (Å²) in [5.74, 6) is 1.23. The van der Waals surface area contributed by atoms with E-state index in [0.717, 1.165) is 12.8 Å². The number of urea groups is 1. The van der Waals surface area contributed by atoms with Crippen molar-refractivity contribution in [3.8, 4) is 11.5 Å². The van der Waals surface area contributed by atoms with Gasteiger partial charge in [0.05, 0.1) is 12.8 Å². The molecule has 2 aromatic carbocycles. The van der Waals surface area contributed by atoms with E-state index in [1.165, 1.54) is 12.7 Å². The first-order valence-corrected chi connectivity index (χ1v) is 8.10. The van der Waals surface area contributed by atoms with Crippen molar-refractivity contribution in [2.24, 2.45) is 0 Å². The summed E-state index contributed by atoms with van der Waals surface area (Å²) in [5, 5.41) is 5.80. The molecule has 2 aromatic rings. The lowest BCUT2D eigenvalue weighted by atomic mass is 10.1. The molecule has 2 N–H and O–H groups in total. The minimum atomic E-state index is -0.404. The van der Waals surface area contributed by atoms with Gasteiger partial charge in [-0.25, -0.2) is 4.79 Å². The van der Waals surface area contributed by atoms with Crippen LogP contribution in [0.5, 0.6) is 11.5 Å². The lowest BCUT2D eigenvalue weighted by molar-refractivity contribution is 0.234. The van der Waals surface area contributed by atoms with E-state index < -0.39 is 6.03 Å². The molecule has 0 saturated carbocycles. The largest absolute Gasteiger partial charge is 0.495 e. The molecule has 0 atom stereocenters. The number of aryl methyl sites for hydroxylation is 1. The van der Waals surface area contributed by atoms with Crippen LogP contribution in [-0.2, 0) is 6.42 Å². The number of carbonyl (C=O) groups excluding carboxylic acids is 1. The number of rotatable bonds is 7. The average molecular weight is 349 g/mol. The molecule has 0 aliphatic carbocycles. The molecule has 6 heteroatoms. The minimum Gasteiger partial charge on any atom is -0.495 e. The number of benzene rings is 2. The first kappa shape index (κ1) is 17.9. The zero-order chi connectivity index (χ0) is 17.4. The van der Waals surface area contributed by atoms with Gasteiger partial charge in [0.2, 0.25) is 0 Å². The van der Waals surface area contributed by atoms with E-state index in [1.807, 2.05) is 24.3 Å². The van der Waals surface area contributed by atoms with Gasteiger partial charge in [-0.1, -0.05) is 37.1 Å². The Hall–Kier alpha value is -2.40. The van der Waals surface area contributed by atoms with Crippen molar-refractivity contribution in [2.45, 2.75) is 19.8 Å². The second-order valence-corrected chi connectivity index (χ2v) is 5.59. The molecule has 0 saturated heterocycles. The van der Waals surface area contributed by atoms with Gasteiger partial charge < -0.3 is 20.1 Å². The van der Waals surface area contributed by atoms with Crippen LogP contribution in [0.15, 0.2) is 42.5 Å². The molecule has 2 rings (SSSR count). The molecule has 0 bridgehead atoms. The normalized spacial score (nSPS) is 10.1. The number of halogens is 1. The fourth-order valence-electron chi connectivity index (χ4n) is 2.17. The van der Waals surface area contributed by atoms with E-state index >= 15 is 0 Å². The molecule has 0 aliphatic heterocycles. The third-order valence-electron chi connectivity index (χ3n) is 3.34. The van der Waals surface area contributed by atoms with E-state index in [1.54, 1.807) is 18.2 Å². The van der Waals surface area contributed by atoms with Gasteiger partial charge in [-0.15, -0.1) is 0 Å². The van der Waals surface area contributed by atoms with E-state index in [0.29, 0.717) is 22.2 Å². The Morgan fingerprint density at radius 2 is 1.92 bits per heavy atom. The van der Waals surface area contributed by atoms with Crippen LogP contribution in [0, 0.1) is 0 Å². The molecular weight excluding hydrogens is 328 g/mol. The Balaban J connectivity index is 1.82. The van der Waals surface area contributed by atoms with Crippen LogP contribution in [0.3, 0.4) is 0 Å². The Morgan fingerprint density at radius 3 is 2.58 bits per heavy atom. The minimum absolute atomic E-state index is 0.0574. The SMILES string of the molecule is CCCc1ccc(OCNC(=O)Nc2cc(Cl)ccc2OC)cc1. The number of ether oxygens (including phenoxy) is 2. The first-order chi connectivity index (χ1) is 11.6. The predicted octanol–water partition coefficient (Wildman–Crippen LogP) is 4.46. The maximum absolute atomic E-state index is 11.9. The maximum Gasteiger partial charge on any atom is 0.321 e. The van der Waals surface area contributed by atoms with Crippen LogP contribution in [0.1, 0.15) is 18.9 Å². The molecule has 0 radical (unpaired) electrons. The van der Waals surface area contributed by atoms with Crippen LogP contribution in [0.25, 0.3) is 0 Å². The molecule has 0 heterocycles. The maximum atomic E-state index is 11.9. The molecule has 0 aliphatic rings. The molecule has 0 spiro atoms. The Morgan fingerprint density at radius 1 is 1.17 bits per heavy atom. The molecule has 128 valence electrons. The highest BCUT2D eigenvalue weighted by Crippen LogP contribution is 2.27. The monoisotopic (exact) mass is 348 g/mol. The predicted molar refractivity (Wildman–Crippen MR) is 96.1 cm³/mol. The number of carbonyl (C=O) groups is 1. The smallest absolute Gasteiger partial charge is 0.321 e. The van der Waals surface area contributed by atoms with Gasteiger partial charge in [-0.2, -0.15) is 0 Å². The highest BCUT2D eigenvalue weighted by Gasteiger charge is 2.08. The molecular formula is C18H21ClN2O3. The summed E-state index contributed by atoms with van der Waals surface area (Å²) in [5.41, 5.74) is 1.76. The fraction of sp³-hybridized carbons (Fsp3) is 0.278. The van der Waals surface area contributed by atoms with Gasteiger partial charge >= 0.3 is 6.03 Å². The van der Waals surface area contributed by atoms with Gasteiger partial charge in [0, 0.05) is 5.02 Å². The highest BCUT2D eigenvalue weighted by atomic mass is 35.5. The number of methoxy groups -OCH3 is 1. The molecule has 2 amide bonds. The molecule has 5 nitrogen and oxygen atoms in total. The zero-order valence-corrected chi connectivity index (χ0v) is 14.5. The molecule has 0 fully saturated rings. The van der Waals surface area contributed by atoms with Crippen LogP contribution in [0.4, 0.5) is 10.5 Å². The second kappa shape index (κ2) is 9.03. The average Bonchev–Trinajstić information content (AvgIpc) is 2.57. The number of anilines is 1. The van der Waals surface area contributed by atoms with Crippen LogP contribution < -0.4 is 20.1 Å². The van der Waals surface area contributed by atoms with E-state index in [-0.39, 0.29) is 6.73 Å². The van der Waals surface area contributed by atoms with Gasteiger partial charge in [0.15, 0.2) is 6.73 Å². The van der Waals surface area contributed by atoms with Gasteiger partial charge in [0.25, 0.3) is 0 Å². The lowest BCUT2D eigenvalue weighted by Crippen LogP contribution is -2.32. The summed E-state index contributed by atoms with van der Waals surface area (Å²) in [7, 11) is 1.53. The van der Waals surface area contributed by atoms with Crippen LogP contribution in [-0.4, -0.2) is 19.9 Å². The first-order valence-electron chi connectivity index (χ1n) is 7.72. The quantitative estimate of drug-likeness (QED) is 0.726. The van der Waals surface area contributed by atoms with Crippen molar-refractivity contribution >= 4 is 23.3 Å². The standard InChI is InChI=1S/C18H21ClN2O3/c1-3-4-13-5-8-15(9-6-13)24-12-20-18(22)21-16-11-14(19)7-10-17(16)23-2/h5-11H,3-4,12H2,1-2H3,(H2,20,21,22). The van der Waals surface area contributed by atoms with E-state index in [9.17, 15) is 4.79 Å². The summed E-state index contributed by atoms with van der Waals surface area (Å²) in [4.78, 5) is 11.9. The number of hydrogen-bond donors (Lipinski definition) is 2.